The van der Waals surface area contributed by atoms with Gasteiger partial charge >= 0.3 is 0 Å². The van der Waals surface area contributed by atoms with Crippen molar-refractivity contribution in [1.82, 2.24) is 9.38 Å². The van der Waals surface area contributed by atoms with Crippen LogP contribution in [0.3, 0.4) is 0 Å². The van der Waals surface area contributed by atoms with Gasteiger partial charge in [0.15, 0.2) is 6.20 Å². The SMILES string of the molecule is CC[Si](CC)(CC)c1cc2cc[n+](C)c3c4c(C)ccc5c6cnccc6n(c(c1)c23)c54. The summed E-state index contributed by atoms with van der Waals surface area (Å²) in [6.07, 6.45) is 6.21. The Morgan fingerprint density at radius 1 is 0.906 bits per heavy atom. The van der Waals surface area contributed by atoms with E-state index in [2.05, 4.69) is 91.3 Å². The molecule has 4 heteroatoms. The second-order valence-corrected chi connectivity index (χ2v) is 14.7. The summed E-state index contributed by atoms with van der Waals surface area (Å²) in [6.45, 7) is 9.45. The van der Waals surface area contributed by atoms with E-state index in [9.17, 15) is 0 Å². The van der Waals surface area contributed by atoms with Crippen LogP contribution in [0.15, 0.2) is 55.0 Å². The molecule has 0 bridgehead atoms. The van der Waals surface area contributed by atoms with E-state index in [0.29, 0.717) is 0 Å². The first-order chi connectivity index (χ1) is 15.5. The van der Waals surface area contributed by atoms with E-state index < -0.39 is 8.07 Å². The molecule has 0 saturated heterocycles. The van der Waals surface area contributed by atoms with Crippen molar-refractivity contribution in [1.29, 1.82) is 0 Å². The summed E-state index contributed by atoms with van der Waals surface area (Å²) >= 11 is 0. The Morgan fingerprint density at radius 3 is 2.44 bits per heavy atom. The Hall–Kier alpha value is -2.98. The van der Waals surface area contributed by atoms with Crippen molar-refractivity contribution in [3.05, 3.63) is 60.6 Å². The zero-order chi connectivity index (χ0) is 22.2. The topological polar surface area (TPSA) is 21.2 Å². The highest BCUT2D eigenvalue weighted by Gasteiger charge is 2.31. The van der Waals surface area contributed by atoms with Gasteiger partial charge in [-0.25, -0.2) is 4.57 Å². The largest absolute Gasteiger partial charge is 0.307 e. The molecule has 0 aliphatic heterocycles. The summed E-state index contributed by atoms with van der Waals surface area (Å²) in [7, 11) is 0.658. The van der Waals surface area contributed by atoms with Crippen LogP contribution in [0.2, 0.25) is 18.1 Å². The second-order valence-electron chi connectivity index (χ2n) is 9.46. The van der Waals surface area contributed by atoms with E-state index in [4.69, 9.17) is 0 Å². The first-order valence-corrected chi connectivity index (χ1v) is 14.5. The molecule has 0 atom stereocenters. The van der Waals surface area contributed by atoms with Gasteiger partial charge in [0.1, 0.15) is 7.05 Å². The second kappa shape index (κ2) is 6.76. The fourth-order valence-corrected chi connectivity index (χ4v) is 9.86. The average molecular weight is 437 g/mol. The molecular formula is C28H30N3Si+. The number of pyridine rings is 3. The normalized spacial score (nSPS) is 12.9. The number of rotatable bonds is 4. The van der Waals surface area contributed by atoms with Crippen molar-refractivity contribution in [2.24, 2.45) is 7.05 Å². The van der Waals surface area contributed by atoms with Crippen LogP contribution in [0.25, 0.3) is 49.0 Å². The summed E-state index contributed by atoms with van der Waals surface area (Å²) in [6, 6.07) is 18.0. The van der Waals surface area contributed by atoms with Crippen molar-refractivity contribution >= 4 is 62.3 Å². The molecular weight excluding hydrogens is 406 g/mol. The lowest BCUT2D eigenvalue weighted by Crippen LogP contribution is -2.45. The number of hydrogen-bond acceptors (Lipinski definition) is 1. The van der Waals surface area contributed by atoms with Gasteiger partial charge in [0.2, 0.25) is 5.52 Å². The summed E-state index contributed by atoms with van der Waals surface area (Å²) in [5, 5.41) is 8.25. The number of aryl methyl sites for hydroxylation is 2. The maximum atomic E-state index is 4.48. The quantitative estimate of drug-likeness (QED) is 0.139. The number of nitrogens with zero attached hydrogens (tertiary/aromatic N) is 3. The van der Waals surface area contributed by atoms with Crippen molar-refractivity contribution in [3.63, 3.8) is 0 Å². The maximum Gasteiger partial charge on any atom is 0.224 e. The van der Waals surface area contributed by atoms with E-state index in [1.165, 1.54) is 72.7 Å². The van der Waals surface area contributed by atoms with Gasteiger partial charge in [0.25, 0.3) is 0 Å². The van der Waals surface area contributed by atoms with Gasteiger partial charge in [-0.05, 0) is 30.0 Å². The number of hydrogen-bond donors (Lipinski definition) is 0. The summed E-state index contributed by atoms with van der Waals surface area (Å²) in [4.78, 5) is 4.48. The maximum absolute atomic E-state index is 4.48. The first kappa shape index (κ1) is 19.7. The minimum Gasteiger partial charge on any atom is -0.307 e. The van der Waals surface area contributed by atoms with Crippen LogP contribution in [0.5, 0.6) is 0 Å². The van der Waals surface area contributed by atoms with E-state index in [0.717, 1.165) is 0 Å². The molecule has 3 nitrogen and oxygen atoms in total. The van der Waals surface area contributed by atoms with Crippen molar-refractivity contribution in [2.45, 2.75) is 45.8 Å². The Balaban J connectivity index is 1.98. The highest BCUT2D eigenvalue weighted by Crippen LogP contribution is 2.40. The first-order valence-electron chi connectivity index (χ1n) is 11.9. The molecule has 0 unspecified atom stereocenters. The van der Waals surface area contributed by atoms with Crippen molar-refractivity contribution in [3.8, 4) is 0 Å². The molecule has 0 N–H and O–H groups in total. The van der Waals surface area contributed by atoms with Crippen LogP contribution in [-0.2, 0) is 7.05 Å². The summed E-state index contributed by atoms with van der Waals surface area (Å²) in [5.74, 6) is 0. The minimum atomic E-state index is -1.53. The third-order valence-corrected chi connectivity index (χ3v) is 13.8. The fraction of sp³-hybridized carbons (Fsp3) is 0.286. The average Bonchev–Trinajstić information content (AvgIpc) is 3.16. The lowest BCUT2D eigenvalue weighted by molar-refractivity contribution is -0.643. The number of fused-ring (bicyclic) bond motifs is 5. The summed E-state index contributed by atoms with van der Waals surface area (Å²) in [5.41, 5.74) is 6.60. The zero-order valence-corrected chi connectivity index (χ0v) is 20.7. The van der Waals surface area contributed by atoms with Gasteiger partial charge in [-0.2, -0.15) is 0 Å². The molecule has 0 aliphatic rings. The Kier molecular flexibility index (Phi) is 4.16. The zero-order valence-electron chi connectivity index (χ0n) is 19.7. The molecule has 0 amide bonds. The van der Waals surface area contributed by atoms with Crippen LogP contribution >= 0.6 is 0 Å². The molecule has 0 spiro atoms. The van der Waals surface area contributed by atoms with Gasteiger partial charge in [-0.3, -0.25) is 4.98 Å². The molecule has 0 fully saturated rings. The van der Waals surface area contributed by atoms with Gasteiger partial charge < -0.3 is 4.40 Å². The van der Waals surface area contributed by atoms with Gasteiger partial charge in [0, 0.05) is 29.2 Å². The predicted octanol–water partition coefficient (Wildman–Crippen LogP) is 6.23. The molecule has 32 heavy (non-hydrogen) atoms. The standard InChI is InChI=1S/C28H30N3Si/c1-6-32(7-2,8-3)20-15-19-12-14-30(5)28-25-18(4)9-10-21-22-17-29-13-11-23(22)31(27(21)25)24(16-20)26(19)28/h9-17H,6-8H2,1-5H3/q+1. The monoisotopic (exact) mass is 436 g/mol. The highest BCUT2D eigenvalue weighted by molar-refractivity contribution is 6.92. The lowest BCUT2D eigenvalue weighted by atomic mass is 10.00. The van der Waals surface area contributed by atoms with E-state index >= 15 is 0 Å². The third-order valence-electron chi connectivity index (χ3n) is 8.27. The predicted molar refractivity (Wildman–Crippen MR) is 139 cm³/mol. The molecule has 4 aromatic heterocycles. The van der Waals surface area contributed by atoms with Crippen LogP contribution in [0.1, 0.15) is 26.3 Å². The molecule has 6 rings (SSSR count). The van der Waals surface area contributed by atoms with Crippen LogP contribution in [0.4, 0.5) is 0 Å². The van der Waals surface area contributed by atoms with Gasteiger partial charge in [-0.1, -0.05) is 62.3 Å². The van der Waals surface area contributed by atoms with Crippen molar-refractivity contribution < 1.29 is 4.57 Å². The van der Waals surface area contributed by atoms with E-state index in [1.807, 2.05) is 12.4 Å². The molecule has 0 aliphatic carbocycles. The molecule has 4 heterocycles. The van der Waals surface area contributed by atoms with Crippen LogP contribution in [0, 0.1) is 6.92 Å². The Morgan fingerprint density at radius 2 is 1.69 bits per heavy atom. The molecule has 0 saturated carbocycles. The van der Waals surface area contributed by atoms with E-state index in [1.54, 1.807) is 5.19 Å². The smallest absolute Gasteiger partial charge is 0.224 e. The van der Waals surface area contributed by atoms with Crippen LogP contribution < -0.4 is 9.75 Å². The minimum absolute atomic E-state index is 1.24. The van der Waals surface area contributed by atoms with Crippen molar-refractivity contribution in [2.75, 3.05) is 0 Å². The molecule has 0 radical (unpaired) electrons. The number of benzene rings is 2. The van der Waals surface area contributed by atoms with E-state index in [-0.39, 0.29) is 0 Å². The van der Waals surface area contributed by atoms with Crippen LogP contribution in [-0.4, -0.2) is 17.5 Å². The highest BCUT2D eigenvalue weighted by atomic mass is 28.3. The Bertz CT molecular complexity index is 1650. The lowest BCUT2D eigenvalue weighted by Gasteiger charge is -2.29. The number of aromatic nitrogens is 3. The van der Waals surface area contributed by atoms with Gasteiger partial charge in [0.05, 0.1) is 35.4 Å². The molecule has 6 aromatic rings. The molecule has 160 valence electrons. The fourth-order valence-electron chi connectivity index (χ4n) is 6.23. The Labute approximate surface area is 189 Å². The third kappa shape index (κ3) is 2.31. The molecule has 2 aromatic carbocycles. The summed E-state index contributed by atoms with van der Waals surface area (Å²) < 4.78 is 4.85. The van der Waals surface area contributed by atoms with Gasteiger partial charge in [-0.15, -0.1) is 0 Å².